The van der Waals surface area contributed by atoms with E-state index in [1.54, 1.807) is 0 Å². The molecular formula is C24H33N. The Bertz CT molecular complexity index is 621. The predicted octanol–water partition coefficient (Wildman–Crippen LogP) is 6.99. The Kier molecular flexibility index (Phi) is 6.18. The third kappa shape index (κ3) is 4.87. The van der Waals surface area contributed by atoms with E-state index in [1.165, 1.54) is 55.5 Å². The highest BCUT2D eigenvalue weighted by Crippen LogP contribution is 2.32. The zero-order valence-electron chi connectivity index (χ0n) is 16.1. The first kappa shape index (κ1) is 18.0. The number of hydrogen-bond donors (Lipinski definition) is 0. The van der Waals surface area contributed by atoms with E-state index in [9.17, 15) is 0 Å². The lowest BCUT2D eigenvalue weighted by Crippen LogP contribution is -2.25. The van der Waals surface area contributed by atoms with Crippen LogP contribution in [0.5, 0.6) is 0 Å². The number of nitrogens with zero attached hydrogens (tertiary/aromatic N) is 1. The fourth-order valence-corrected chi connectivity index (χ4v) is 4.15. The van der Waals surface area contributed by atoms with E-state index >= 15 is 0 Å². The number of benzene rings is 2. The molecule has 3 rings (SSSR count). The van der Waals surface area contributed by atoms with Gasteiger partial charge in [-0.25, -0.2) is 0 Å². The molecule has 0 radical (unpaired) electrons. The van der Waals surface area contributed by atoms with Gasteiger partial charge < -0.3 is 4.90 Å². The van der Waals surface area contributed by atoms with Gasteiger partial charge in [-0.15, -0.1) is 0 Å². The Labute approximate surface area is 154 Å². The molecule has 0 spiro atoms. The lowest BCUT2D eigenvalue weighted by molar-refractivity contribution is 0.278. The molecule has 2 aromatic rings. The molecule has 0 aliphatic heterocycles. The van der Waals surface area contributed by atoms with Crippen molar-refractivity contribution < 1.29 is 0 Å². The molecule has 0 amide bonds. The number of rotatable bonds is 6. The van der Waals surface area contributed by atoms with Gasteiger partial charge in [0.1, 0.15) is 0 Å². The summed E-state index contributed by atoms with van der Waals surface area (Å²) in [5.41, 5.74) is 4.04. The lowest BCUT2D eigenvalue weighted by atomic mass is 9.80. The quantitative estimate of drug-likeness (QED) is 0.549. The number of hydrogen-bond acceptors (Lipinski definition) is 1. The van der Waals surface area contributed by atoms with E-state index < -0.39 is 0 Å². The minimum atomic E-state index is 0.442. The molecule has 0 heterocycles. The summed E-state index contributed by atoms with van der Waals surface area (Å²) in [7, 11) is 0. The minimum Gasteiger partial charge on any atom is -0.339 e. The van der Waals surface area contributed by atoms with Crippen LogP contribution >= 0.6 is 0 Å². The van der Waals surface area contributed by atoms with Crippen LogP contribution in [0, 0.1) is 11.8 Å². The maximum absolute atomic E-state index is 2.41. The van der Waals surface area contributed by atoms with Crippen molar-refractivity contribution in [2.24, 2.45) is 11.8 Å². The van der Waals surface area contributed by atoms with Crippen LogP contribution in [0.1, 0.15) is 58.4 Å². The highest BCUT2D eigenvalue weighted by atomic mass is 15.2. The van der Waals surface area contributed by atoms with Crippen LogP contribution < -0.4 is 4.90 Å². The molecule has 1 aliphatic rings. The summed E-state index contributed by atoms with van der Waals surface area (Å²) in [6.07, 6.45) is 8.34. The normalized spacial score (nSPS) is 20.6. The average Bonchev–Trinajstić information content (AvgIpc) is 2.63. The Balaban J connectivity index is 1.62. The van der Waals surface area contributed by atoms with Gasteiger partial charge >= 0.3 is 0 Å². The van der Waals surface area contributed by atoms with Gasteiger partial charge in [-0.05, 0) is 68.4 Å². The smallest absolute Gasteiger partial charge is 0.0413 e. The molecule has 25 heavy (non-hydrogen) atoms. The fourth-order valence-electron chi connectivity index (χ4n) is 4.15. The van der Waals surface area contributed by atoms with E-state index in [1.807, 2.05) is 0 Å². The summed E-state index contributed by atoms with van der Waals surface area (Å²) in [5, 5.41) is 0. The molecule has 1 fully saturated rings. The molecule has 0 unspecified atom stereocenters. The van der Waals surface area contributed by atoms with Crippen LogP contribution in [0.15, 0.2) is 54.6 Å². The summed E-state index contributed by atoms with van der Waals surface area (Å²) < 4.78 is 0. The number of aryl methyl sites for hydroxylation is 1. The van der Waals surface area contributed by atoms with Crippen LogP contribution in [-0.4, -0.2) is 6.04 Å². The Morgan fingerprint density at radius 2 is 1.44 bits per heavy atom. The van der Waals surface area contributed by atoms with Crippen LogP contribution in [0.3, 0.4) is 0 Å². The van der Waals surface area contributed by atoms with Crippen molar-refractivity contribution >= 4 is 11.4 Å². The summed E-state index contributed by atoms with van der Waals surface area (Å²) in [5.74, 6) is 1.91. The zero-order valence-corrected chi connectivity index (χ0v) is 16.1. The summed E-state index contributed by atoms with van der Waals surface area (Å²) in [6, 6.07) is 20.4. The van der Waals surface area contributed by atoms with E-state index in [0.29, 0.717) is 6.04 Å². The van der Waals surface area contributed by atoms with Crippen molar-refractivity contribution in [2.45, 2.75) is 65.3 Å². The monoisotopic (exact) mass is 335 g/mol. The lowest BCUT2D eigenvalue weighted by Gasteiger charge is -2.29. The van der Waals surface area contributed by atoms with Crippen LogP contribution in [-0.2, 0) is 6.42 Å². The predicted molar refractivity (Wildman–Crippen MR) is 110 cm³/mol. The van der Waals surface area contributed by atoms with Gasteiger partial charge in [0.25, 0.3) is 0 Å². The molecule has 134 valence electrons. The van der Waals surface area contributed by atoms with Crippen molar-refractivity contribution in [3.05, 3.63) is 60.2 Å². The average molecular weight is 336 g/mol. The van der Waals surface area contributed by atoms with Gasteiger partial charge in [-0.1, -0.05) is 62.9 Å². The van der Waals surface area contributed by atoms with E-state index in [0.717, 1.165) is 11.8 Å². The first-order valence-electron chi connectivity index (χ1n) is 10.1. The van der Waals surface area contributed by atoms with Gasteiger partial charge in [-0.3, -0.25) is 0 Å². The first-order chi connectivity index (χ1) is 12.1. The maximum Gasteiger partial charge on any atom is 0.0413 e. The first-order valence-corrected chi connectivity index (χ1v) is 10.1. The number of anilines is 2. The highest BCUT2D eigenvalue weighted by molar-refractivity contribution is 5.64. The van der Waals surface area contributed by atoms with Gasteiger partial charge in [-0.2, -0.15) is 0 Å². The molecule has 0 atom stereocenters. The maximum atomic E-state index is 2.41. The van der Waals surface area contributed by atoms with Gasteiger partial charge in [0, 0.05) is 17.4 Å². The molecule has 1 saturated carbocycles. The van der Waals surface area contributed by atoms with Gasteiger partial charge in [0.2, 0.25) is 0 Å². The highest BCUT2D eigenvalue weighted by Gasteiger charge is 2.18. The van der Waals surface area contributed by atoms with Crippen molar-refractivity contribution in [3.63, 3.8) is 0 Å². The molecule has 0 N–H and O–H groups in total. The molecule has 1 aliphatic carbocycles. The number of para-hydroxylation sites is 1. The van der Waals surface area contributed by atoms with Crippen molar-refractivity contribution in [2.75, 3.05) is 4.90 Å². The van der Waals surface area contributed by atoms with Crippen molar-refractivity contribution in [3.8, 4) is 0 Å². The third-order valence-electron chi connectivity index (χ3n) is 5.74. The molecule has 0 saturated heterocycles. The van der Waals surface area contributed by atoms with Gasteiger partial charge in [0.15, 0.2) is 0 Å². The molecule has 0 bridgehead atoms. The Hall–Kier alpha value is -1.76. The van der Waals surface area contributed by atoms with E-state index in [-0.39, 0.29) is 0 Å². The van der Waals surface area contributed by atoms with Crippen LogP contribution in [0.25, 0.3) is 0 Å². The fraction of sp³-hybridized carbons (Fsp3) is 0.500. The molecule has 0 aromatic heterocycles. The topological polar surface area (TPSA) is 3.24 Å². The van der Waals surface area contributed by atoms with E-state index in [4.69, 9.17) is 0 Å². The molecular weight excluding hydrogens is 302 g/mol. The Morgan fingerprint density at radius 1 is 0.840 bits per heavy atom. The Morgan fingerprint density at radius 3 is 2.04 bits per heavy atom. The van der Waals surface area contributed by atoms with Crippen molar-refractivity contribution in [1.82, 2.24) is 0 Å². The second kappa shape index (κ2) is 8.56. The third-order valence-corrected chi connectivity index (χ3v) is 5.74. The van der Waals surface area contributed by atoms with Crippen LogP contribution in [0.4, 0.5) is 11.4 Å². The molecule has 1 nitrogen and oxygen atoms in total. The second-order valence-electron chi connectivity index (χ2n) is 8.13. The summed E-state index contributed by atoms with van der Waals surface area (Å²) in [4.78, 5) is 2.41. The summed E-state index contributed by atoms with van der Waals surface area (Å²) >= 11 is 0. The minimum absolute atomic E-state index is 0.442. The van der Waals surface area contributed by atoms with Crippen LogP contribution in [0.2, 0.25) is 0 Å². The standard InChI is InChI=1S/C24H33N/c1-19(2)25(23-7-5-4-6-8-23)24-17-15-22(16-18-24)14-13-21-11-9-20(3)10-12-21/h4-8,15-21H,9-14H2,1-3H3. The second-order valence-corrected chi connectivity index (χ2v) is 8.13. The zero-order chi connectivity index (χ0) is 17.6. The largest absolute Gasteiger partial charge is 0.339 e. The SMILES string of the molecule is CC1CCC(CCc2ccc(N(c3ccccc3)C(C)C)cc2)CC1. The molecule has 1 heteroatoms. The van der Waals surface area contributed by atoms with Crippen molar-refractivity contribution in [1.29, 1.82) is 0 Å². The molecule has 2 aromatic carbocycles. The summed E-state index contributed by atoms with van der Waals surface area (Å²) in [6.45, 7) is 6.91. The van der Waals surface area contributed by atoms with E-state index in [2.05, 4.69) is 80.3 Å². The van der Waals surface area contributed by atoms with Gasteiger partial charge in [0.05, 0.1) is 0 Å².